The second kappa shape index (κ2) is 11.9. The molecule has 0 radical (unpaired) electrons. The predicted octanol–water partition coefficient (Wildman–Crippen LogP) is 5.80. The van der Waals surface area contributed by atoms with Crippen LogP contribution in [0.4, 0.5) is 15.9 Å². The second-order valence-electron chi connectivity index (χ2n) is 9.29. The zero-order valence-electron chi connectivity index (χ0n) is 21.3. The highest BCUT2D eigenvalue weighted by Crippen LogP contribution is 2.37. The highest BCUT2D eigenvalue weighted by Gasteiger charge is 2.33. The zero-order valence-corrected chi connectivity index (χ0v) is 22.9. The van der Waals surface area contributed by atoms with Gasteiger partial charge < -0.3 is 19.5 Å². The van der Waals surface area contributed by atoms with Gasteiger partial charge >= 0.3 is 5.97 Å². The Morgan fingerprint density at radius 1 is 1.21 bits per heavy atom. The van der Waals surface area contributed by atoms with Gasteiger partial charge in [0.05, 0.1) is 24.3 Å². The third-order valence-corrected chi connectivity index (χ3v) is 8.75. The van der Waals surface area contributed by atoms with Gasteiger partial charge in [-0.05, 0) is 43.5 Å². The molecule has 0 aliphatic carbocycles. The molecule has 2 fully saturated rings. The first-order valence-electron chi connectivity index (χ1n) is 12.7. The maximum absolute atomic E-state index is 13.6. The fourth-order valence-corrected chi connectivity index (χ4v) is 6.36. The van der Waals surface area contributed by atoms with Gasteiger partial charge in [-0.15, -0.1) is 11.8 Å². The number of ether oxygens (including phenoxy) is 3. The lowest BCUT2D eigenvalue weighted by atomic mass is 10.1. The number of nitrogens with zero attached hydrogens (tertiary/aromatic N) is 3. The molecule has 3 heterocycles. The Kier molecular flexibility index (Phi) is 8.40. The van der Waals surface area contributed by atoms with E-state index >= 15 is 0 Å². The minimum Gasteiger partial charge on any atom is -0.493 e. The molecule has 2 unspecified atom stereocenters. The van der Waals surface area contributed by atoms with Crippen LogP contribution in [-0.2, 0) is 9.53 Å². The van der Waals surface area contributed by atoms with Crippen molar-refractivity contribution in [2.75, 3.05) is 32.1 Å². The van der Waals surface area contributed by atoms with Crippen molar-refractivity contribution in [1.82, 2.24) is 14.9 Å². The van der Waals surface area contributed by atoms with E-state index in [0.29, 0.717) is 40.4 Å². The molecule has 0 spiro atoms. The SMILES string of the molecule is CCC(Oc1cc2c(Nc3ccc(F)c(Cl)c3)ncnc2cc1OC)N1CCC(SC2CCOC2=O)CC1. The molecule has 0 bridgehead atoms. The van der Waals surface area contributed by atoms with Crippen molar-refractivity contribution in [3.8, 4) is 11.5 Å². The Morgan fingerprint density at radius 2 is 2.03 bits per heavy atom. The van der Waals surface area contributed by atoms with Crippen molar-refractivity contribution in [3.63, 3.8) is 0 Å². The number of carbonyl (C=O) groups is 1. The topological polar surface area (TPSA) is 85.8 Å². The molecule has 8 nitrogen and oxygen atoms in total. The quantitative estimate of drug-likeness (QED) is 0.326. The van der Waals surface area contributed by atoms with Crippen molar-refractivity contribution in [3.05, 3.63) is 47.5 Å². The highest BCUT2D eigenvalue weighted by atomic mass is 35.5. The summed E-state index contributed by atoms with van der Waals surface area (Å²) in [5, 5.41) is 4.38. The van der Waals surface area contributed by atoms with Crippen LogP contribution < -0.4 is 14.8 Å². The molecule has 2 aromatic carbocycles. The Bertz CT molecular complexity index is 1310. The summed E-state index contributed by atoms with van der Waals surface area (Å²) in [7, 11) is 1.60. The van der Waals surface area contributed by atoms with Gasteiger partial charge in [0, 0.05) is 41.9 Å². The van der Waals surface area contributed by atoms with Crippen LogP contribution in [0.3, 0.4) is 0 Å². The summed E-state index contributed by atoms with van der Waals surface area (Å²) < 4.78 is 30.9. The molecular weight excluding hydrogens is 531 g/mol. The van der Waals surface area contributed by atoms with Crippen molar-refractivity contribution in [1.29, 1.82) is 0 Å². The zero-order chi connectivity index (χ0) is 26.6. The van der Waals surface area contributed by atoms with E-state index in [-0.39, 0.29) is 22.5 Å². The van der Waals surface area contributed by atoms with Crippen LogP contribution in [-0.4, -0.2) is 64.4 Å². The lowest BCUT2D eigenvalue weighted by Gasteiger charge is -2.37. The van der Waals surface area contributed by atoms with Crippen LogP contribution in [0.2, 0.25) is 5.02 Å². The standard InChI is InChI=1S/C27H30ClFN4O4S/c1-3-25(33-9-6-17(7-10-33)38-24-8-11-36-27(24)34)37-23-13-18-21(14-22(23)35-2)30-15-31-26(18)32-16-4-5-20(29)19(28)12-16/h4-5,12-15,17,24-25H,3,6-11H2,1-2H3,(H,30,31,32). The van der Waals surface area contributed by atoms with Crippen LogP contribution in [0.1, 0.15) is 32.6 Å². The average molecular weight is 561 g/mol. The van der Waals surface area contributed by atoms with E-state index in [1.165, 1.54) is 18.5 Å². The van der Waals surface area contributed by atoms with Gasteiger partial charge in [0.25, 0.3) is 0 Å². The number of hydrogen-bond acceptors (Lipinski definition) is 9. The lowest BCUT2D eigenvalue weighted by molar-refractivity contribution is -0.137. The van der Waals surface area contributed by atoms with Gasteiger partial charge in [-0.1, -0.05) is 18.5 Å². The molecule has 2 aliphatic heterocycles. The Labute approximate surface area is 230 Å². The van der Waals surface area contributed by atoms with Gasteiger partial charge in [0.15, 0.2) is 17.7 Å². The largest absolute Gasteiger partial charge is 0.493 e. The van der Waals surface area contributed by atoms with E-state index in [1.54, 1.807) is 24.9 Å². The number of fused-ring (bicyclic) bond motifs is 1. The molecule has 5 rings (SSSR count). The number of nitrogens with one attached hydrogen (secondary N) is 1. The first-order valence-corrected chi connectivity index (χ1v) is 14.0. The molecular formula is C27H30ClFN4O4S. The highest BCUT2D eigenvalue weighted by molar-refractivity contribution is 8.01. The molecule has 11 heteroatoms. The fourth-order valence-electron chi connectivity index (χ4n) is 4.82. The second-order valence-corrected chi connectivity index (χ2v) is 11.2. The van der Waals surface area contributed by atoms with Crippen LogP contribution >= 0.6 is 23.4 Å². The molecule has 38 heavy (non-hydrogen) atoms. The number of anilines is 2. The van der Waals surface area contributed by atoms with Crippen LogP contribution in [0.25, 0.3) is 10.9 Å². The number of thioether (sulfide) groups is 1. The minimum atomic E-state index is -0.487. The number of halogens is 2. The molecule has 1 N–H and O–H groups in total. The first-order chi connectivity index (χ1) is 18.4. The molecule has 0 saturated carbocycles. The van der Waals surface area contributed by atoms with Gasteiger partial charge in [0.1, 0.15) is 23.2 Å². The summed E-state index contributed by atoms with van der Waals surface area (Å²) in [5.74, 6) is 1.15. The summed E-state index contributed by atoms with van der Waals surface area (Å²) in [6, 6.07) is 8.11. The van der Waals surface area contributed by atoms with Gasteiger partial charge in [-0.3, -0.25) is 9.69 Å². The van der Waals surface area contributed by atoms with E-state index in [4.69, 9.17) is 25.8 Å². The van der Waals surface area contributed by atoms with Crippen LogP contribution in [0.5, 0.6) is 11.5 Å². The molecule has 2 saturated heterocycles. The number of benzene rings is 2. The Hall–Kier alpha value is -2.82. The van der Waals surface area contributed by atoms with Crippen molar-refractivity contribution in [2.45, 2.75) is 49.3 Å². The van der Waals surface area contributed by atoms with Crippen molar-refractivity contribution >= 4 is 51.7 Å². The number of aromatic nitrogens is 2. The molecule has 202 valence electrons. The number of piperidine rings is 1. The number of likely N-dealkylation sites (tertiary alicyclic amines) is 1. The monoisotopic (exact) mass is 560 g/mol. The van der Waals surface area contributed by atoms with E-state index in [1.807, 2.05) is 12.1 Å². The molecule has 2 aliphatic rings. The molecule has 0 amide bonds. The van der Waals surface area contributed by atoms with E-state index in [0.717, 1.165) is 44.2 Å². The number of methoxy groups -OCH3 is 1. The van der Waals surface area contributed by atoms with E-state index < -0.39 is 5.82 Å². The van der Waals surface area contributed by atoms with Crippen molar-refractivity contribution in [2.24, 2.45) is 0 Å². The molecule has 2 atom stereocenters. The van der Waals surface area contributed by atoms with Gasteiger partial charge in [-0.25, -0.2) is 14.4 Å². The maximum atomic E-state index is 13.6. The van der Waals surface area contributed by atoms with Gasteiger partial charge in [0.2, 0.25) is 0 Å². The number of cyclic esters (lactones) is 1. The van der Waals surface area contributed by atoms with Crippen molar-refractivity contribution < 1.29 is 23.4 Å². The summed E-state index contributed by atoms with van der Waals surface area (Å²) in [6.45, 7) is 4.40. The van der Waals surface area contributed by atoms with E-state index in [9.17, 15) is 9.18 Å². The number of hydrogen-bond donors (Lipinski definition) is 1. The van der Waals surface area contributed by atoms with E-state index in [2.05, 4.69) is 27.1 Å². The molecule has 1 aromatic heterocycles. The summed E-state index contributed by atoms with van der Waals surface area (Å²) in [5.41, 5.74) is 1.28. The Morgan fingerprint density at radius 3 is 2.71 bits per heavy atom. The number of carbonyl (C=O) groups excluding carboxylic acids is 1. The summed E-state index contributed by atoms with van der Waals surface area (Å²) >= 11 is 7.72. The Balaban J connectivity index is 1.32. The predicted molar refractivity (Wildman–Crippen MR) is 147 cm³/mol. The maximum Gasteiger partial charge on any atom is 0.319 e. The third-order valence-electron chi connectivity index (χ3n) is 6.84. The summed E-state index contributed by atoms with van der Waals surface area (Å²) in [4.78, 5) is 23.0. The number of rotatable bonds is 9. The summed E-state index contributed by atoms with van der Waals surface area (Å²) in [6.07, 6.45) is 4.90. The normalized spacial score (nSPS) is 19.4. The first kappa shape index (κ1) is 26.8. The lowest BCUT2D eigenvalue weighted by Crippen LogP contribution is -2.45. The van der Waals surface area contributed by atoms with Crippen LogP contribution in [0.15, 0.2) is 36.7 Å². The van der Waals surface area contributed by atoms with Gasteiger partial charge in [-0.2, -0.15) is 0 Å². The minimum absolute atomic E-state index is 0.0233. The number of esters is 1. The smallest absolute Gasteiger partial charge is 0.319 e. The average Bonchev–Trinajstić information content (AvgIpc) is 3.33. The molecule has 3 aromatic rings. The van der Waals surface area contributed by atoms with Crippen LogP contribution in [0, 0.1) is 5.82 Å². The fraction of sp³-hybridized carbons (Fsp3) is 0.444. The third kappa shape index (κ3) is 5.92.